The lowest BCUT2D eigenvalue weighted by Gasteiger charge is -2.37. The van der Waals surface area contributed by atoms with Crippen LogP contribution in [-0.4, -0.2) is 23.7 Å². The van der Waals surface area contributed by atoms with Gasteiger partial charge >= 0.3 is 5.97 Å². The van der Waals surface area contributed by atoms with Crippen molar-refractivity contribution in [1.29, 1.82) is 0 Å². The number of para-hydroxylation sites is 1. The van der Waals surface area contributed by atoms with Crippen molar-refractivity contribution in [2.24, 2.45) is 5.92 Å². The molecule has 17 heavy (non-hydrogen) atoms. The molecule has 0 spiro atoms. The third-order valence-corrected chi connectivity index (χ3v) is 3.37. The molecular formula is C14H19NO2. The minimum Gasteiger partial charge on any atom is -0.480 e. The lowest BCUT2D eigenvalue weighted by atomic mass is 9.95. The van der Waals surface area contributed by atoms with Crippen LogP contribution in [0.1, 0.15) is 25.8 Å². The third-order valence-electron chi connectivity index (χ3n) is 3.37. The number of anilines is 1. The molecule has 1 aromatic carbocycles. The highest BCUT2D eigenvalue weighted by Gasteiger charge is 2.31. The first-order valence-corrected chi connectivity index (χ1v) is 6.18. The van der Waals surface area contributed by atoms with Gasteiger partial charge in [-0.1, -0.05) is 32.0 Å². The largest absolute Gasteiger partial charge is 0.480 e. The van der Waals surface area contributed by atoms with Gasteiger partial charge in [-0.2, -0.15) is 0 Å². The number of carbonyl (C=O) groups is 1. The highest BCUT2D eigenvalue weighted by Crippen LogP contribution is 2.30. The summed E-state index contributed by atoms with van der Waals surface area (Å²) < 4.78 is 0. The van der Waals surface area contributed by atoms with Crippen molar-refractivity contribution in [2.75, 3.05) is 11.4 Å². The second kappa shape index (κ2) is 4.78. The van der Waals surface area contributed by atoms with E-state index in [-0.39, 0.29) is 5.92 Å². The fourth-order valence-corrected chi connectivity index (χ4v) is 2.63. The second-order valence-corrected chi connectivity index (χ2v) is 4.95. The van der Waals surface area contributed by atoms with Gasteiger partial charge in [0.05, 0.1) is 0 Å². The Morgan fingerprint density at radius 1 is 1.35 bits per heavy atom. The molecule has 2 rings (SSSR count). The summed E-state index contributed by atoms with van der Waals surface area (Å²) in [7, 11) is 0. The molecule has 1 aliphatic heterocycles. The van der Waals surface area contributed by atoms with Crippen LogP contribution in [0.25, 0.3) is 0 Å². The van der Waals surface area contributed by atoms with Gasteiger partial charge in [0.1, 0.15) is 6.04 Å². The Hall–Kier alpha value is -1.51. The molecule has 0 saturated carbocycles. The molecule has 0 bridgehead atoms. The van der Waals surface area contributed by atoms with Crippen LogP contribution >= 0.6 is 0 Å². The SMILES string of the molecule is CC(C)C(C(=O)O)N1CCCc2ccccc21. The van der Waals surface area contributed by atoms with Gasteiger partial charge in [0.2, 0.25) is 0 Å². The standard InChI is InChI=1S/C14H19NO2/c1-10(2)13(14(16)17)15-9-5-7-11-6-3-4-8-12(11)15/h3-4,6,8,10,13H,5,7,9H2,1-2H3,(H,16,17). The second-order valence-electron chi connectivity index (χ2n) is 4.95. The van der Waals surface area contributed by atoms with Crippen molar-refractivity contribution in [2.45, 2.75) is 32.7 Å². The van der Waals surface area contributed by atoms with Gasteiger partial charge in [0, 0.05) is 12.2 Å². The van der Waals surface area contributed by atoms with Crippen LogP contribution in [0.4, 0.5) is 5.69 Å². The summed E-state index contributed by atoms with van der Waals surface area (Å²) in [6.45, 7) is 4.78. The third kappa shape index (κ3) is 2.28. The number of fused-ring (bicyclic) bond motifs is 1. The van der Waals surface area contributed by atoms with Crippen LogP contribution in [-0.2, 0) is 11.2 Å². The lowest BCUT2D eigenvalue weighted by Crippen LogP contribution is -2.47. The van der Waals surface area contributed by atoms with Crippen molar-refractivity contribution in [3.63, 3.8) is 0 Å². The van der Waals surface area contributed by atoms with Gasteiger partial charge in [0.15, 0.2) is 0 Å². The monoisotopic (exact) mass is 233 g/mol. The number of carboxylic acids is 1. The summed E-state index contributed by atoms with van der Waals surface area (Å²) in [4.78, 5) is 13.5. The molecule has 0 saturated heterocycles. The maximum Gasteiger partial charge on any atom is 0.326 e. The molecule has 1 N–H and O–H groups in total. The number of aryl methyl sites for hydroxylation is 1. The molecule has 1 unspecified atom stereocenters. The quantitative estimate of drug-likeness (QED) is 0.872. The first-order valence-electron chi connectivity index (χ1n) is 6.18. The molecule has 1 aliphatic rings. The number of rotatable bonds is 3. The number of benzene rings is 1. The summed E-state index contributed by atoms with van der Waals surface area (Å²) in [5, 5.41) is 9.38. The normalized spacial score (nSPS) is 16.8. The van der Waals surface area contributed by atoms with Gasteiger partial charge in [0.25, 0.3) is 0 Å². The number of carboxylic acid groups (broad SMARTS) is 1. The van der Waals surface area contributed by atoms with Crippen molar-refractivity contribution in [3.05, 3.63) is 29.8 Å². The summed E-state index contributed by atoms with van der Waals surface area (Å²) >= 11 is 0. The Bertz CT molecular complexity index is 414. The number of nitrogens with zero attached hydrogens (tertiary/aromatic N) is 1. The van der Waals surface area contributed by atoms with Crippen molar-refractivity contribution in [3.8, 4) is 0 Å². The highest BCUT2D eigenvalue weighted by molar-refractivity contribution is 5.79. The van der Waals surface area contributed by atoms with Crippen LogP contribution in [0, 0.1) is 5.92 Å². The number of aliphatic carboxylic acids is 1. The zero-order valence-corrected chi connectivity index (χ0v) is 10.4. The summed E-state index contributed by atoms with van der Waals surface area (Å²) in [5.41, 5.74) is 2.37. The molecule has 0 amide bonds. The molecule has 1 atom stereocenters. The van der Waals surface area contributed by atoms with E-state index in [0.717, 1.165) is 25.1 Å². The molecule has 0 aromatic heterocycles. The van der Waals surface area contributed by atoms with E-state index in [9.17, 15) is 9.90 Å². The first kappa shape index (κ1) is 12.0. The average Bonchev–Trinajstić information content (AvgIpc) is 2.28. The maximum atomic E-state index is 11.4. The Morgan fingerprint density at radius 3 is 2.71 bits per heavy atom. The Morgan fingerprint density at radius 2 is 2.06 bits per heavy atom. The van der Waals surface area contributed by atoms with Crippen LogP contribution in [0.3, 0.4) is 0 Å². The van der Waals surface area contributed by atoms with E-state index in [1.165, 1.54) is 5.56 Å². The molecule has 3 nitrogen and oxygen atoms in total. The molecule has 1 heterocycles. The lowest BCUT2D eigenvalue weighted by molar-refractivity contribution is -0.139. The van der Waals surface area contributed by atoms with Crippen molar-refractivity contribution >= 4 is 11.7 Å². The van der Waals surface area contributed by atoms with E-state index in [0.29, 0.717) is 0 Å². The smallest absolute Gasteiger partial charge is 0.326 e. The van der Waals surface area contributed by atoms with Gasteiger partial charge in [-0.05, 0) is 30.4 Å². The fourth-order valence-electron chi connectivity index (χ4n) is 2.63. The fraction of sp³-hybridized carbons (Fsp3) is 0.500. The van der Waals surface area contributed by atoms with E-state index in [1.54, 1.807) is 0 Å². The van der Waals surface area contributed by atoms with Gasteiger partial charge < -0.3 is 10.0 Å². The summed E-state index contributed by atoms with van der Waals surface area (Å²) in [5.74, 6) is -0.615. The number of hydrogen-bond acceptors (Lipinski definition) is 2. The van der Waals surface area contributed by atoms with Gasteiger partial charge in [-0.25, -0.2) is 4.79 Å². The zero-order chi connectivity index (χ0) is 12.4. The summed E-state index contributed by atoms with van der Waals surface area (Å²) in [6.07, 6.45) is 2.09. The van der Waals surface area contributed by atoms with Crippen LogP contribution in [0.15, 0.2) is 24.3 Å². The van der Waals surface area contributed by atoms with E-state index < -0.39 is 12.0 Å². The predicted molar refractivity (Wildman–Crippen MR) is 68.4 cm³/mol. The molecule has 0 aliphatic carbocycles. The average molecular weight is 233 g/mol. The van der Waals surface area contributed by atoms with Crippen molar-refractivity contribution < 1.29 is 9.90 Å². The Labute approximate surface area is 102 Å². The van der Waals surface area contributed by atoms with Crippen molar-refractivity contribution in [1.82, 2.24) is 0 Å². The minimum absolute atomic E-state index is 0.110. The van der Waals surface area contributed by atoms with Crippen LogP contribution in [0.2, 0.25) is 0 Å². The molecule has 0 radical (unpaired) electrons. The maximum absolute atomic E-state index is 11.4. The molecule has 0 fully saturated rings. The Balaban J connectivity index is 2.37. The van der Waals surface area contributed by atoms with E-state index in [2.05, 4.69) is 6.07 Å². The minimum atomic E-state index is -0.725. The molecule has 1 aromatic rings. The first-order chi connectivity index (χ1) is 8.11. The Kier molecular flexibility index (Phi) is 3.36. The van der Waals surface area contributed by atoms with Gasteiger partial charge in [-0.15, -0.1) is 0 Å². The highest BCUT2D eigenvalue weighted by atomic mass is 16.4. The zero-order valence-electron chi connectivity index (χ0n) is 10.4. The van der Waals surface area contributed by atoms with E-state index in [1.807, 2.05) is 36.9 Å². The summed E-state index contributed by atoms with van der Waals surface area (Å²) in [6, 6.07) is 7.72. The number of hydrogen-bond donors (Lipinski definition) is 1. The topological polar surface area (TPSA) is 40.5 Å². The van der Waals surface area contributed by atoms with Crippen LogP contribution < -0.4 is 4.90 Å². The predicted octanol–water partition coefficient (Wildman–Crippen LogP) is 2.55. The van der Waals surface area contributed by atoms with E-state index >= 15 is 0 Å². The molecule has 3 heteroatoms. The van der Waals surface area contributed by atoms with Gasteiger partial charge in [-0.3, -0.25) is 0 Å². The van der Waals surface area contributed by atoms with Crippen LogP contribution in [0.5, 0.6) is 0 Å². The molecule has 92 valence electrons. The van der Waals surface area contributed by atoms with E-state index in [4.69, 9.17) is 0 Å². The molecular weight excluding hydrogens is 214 g/mol.